The lowest BCUT2D eigenvalue weighted by atomic mass is 9.98. The van der Waals surface area contributed by atoms with Crippen molar-refractivity contribution >= 4 is 17.2 Å². The van der Waals surface area contributed by atoms with Gasteiger partial charge in [0.1, 0.15) is 5.69 Å². The topological polar surface area (TPSA) is 55.2 Å². The van der Waals surface area contributed by atoms with Crippen LogP contribution in [-0.2, 0) is 11.3 Å². The molecule has 0 aliphatic carbocycles. The first-order valence-electron chi connectivity index (χ1n) is 7.51. The van der Waals surface area contributed by atoms with Gasteiger partial charge in [0, 0.05) is 32.6 Å². The monoisotopic (exact) mass is 317 g/mol. The van der Waals surface area contributed by atoms with Crippen molar-refractivity contribution in [2.45, 2.75) is 26.3 Å². The number of amides is 1. The second-order valence-corrected chi connectivity index (χ2v) is 6.64. The Hall–Kier alpha value is -1.95. The summed E-state index contributed by atoms with van der Waals surface area (Å²) in [4.78, 5) is 26.5. The van der Waals surface area contributed by atoms with E-state index in [0.717, 1.165) is 30.0 Å². The zero-order chi connectivity index (χ0) is 15.5. The molecule has 3 rings (SSSR count). The minimum atomic E-state index is -0.0831. The first-order chi connectivity index (χ1) is 10.6. The molecule has 0 N–H and O–H groups in total. The van der Waals surface area contributed by atoms with Crippen LogP contribution in [0.2, 0.25) is 0 Å². The number of aromatic nitrogens is 2. The van der Waals surface area contributed by atoms with Gasteiger partial charge in [-0.05, 0) is 36.3 Å². The second-order valence-electron chi connectivity index (χ2n) is 5.69. The molecule has 5 nitrogen and oxygen atoms in total. The molecule has 1 amide bonds. The van der Waals surface area contributed by atoms with Gasteiger partial charge in [-0.1, -0.05) is 6.07 Å². The van der Waals surface area contributed by atoms with Crippen molar-refractivity contribution in [2.75, 3.05) is 13.1 Å². The fourth-order valence-corrected chi connectivity index (χ4v) is 3.57. The van der Waals surface area contributed by atoms with Crippen molar-refractivity contribution in [3.8, 4) is 10.6 Å². The Morgan fingerprint density at radius 3 is 3.00 bits per heavy atom. The fraction of sp³-hybridized carbons (Fsp3) is 0.438. The third-order valence-corrected chi connectivity index (χ3v) is 4.93. The molecule has 0 unspecified atom stereocenters. The number of carbonyl (C=O) groups excluding carboxylic acids is 1. The van der Waals surface area contributed by atoms with Crippen LogP contribution in [0.5, 0.6) is 0 Å². The predicted octanol–water partition coefficient (Wildman–Crippen LogP) is 2.23. The van der Waals surface area contributed by atoms with Gasteiger partial charge in [0.2, 0.25) is 5.91 Å². The normalized spacial score (nSPS) is 18.4. The zero-order valence-electron chi connectivity index (χ0n) is 12.6. The number of carbonyl (C=O) groups is 1. The van der Waals surface area contributed by atoms with Crippen molar-refractivity contribution in [1.29, 1.82) is 0 Å². The van der Waals surface area contributed by atoms with Gasteiger partial charge in [-0.25, -0.2) is 4.68 Å². The van der Waals surface area contributed by atoms with Crippen LogP contribution in [0.15, 0.2) is 34.4 Å². The Morgan fingerprint density at radius 1 is 1.41 bits per heavy atom. The van der Waals surface area contributed by atoms with E-state index in [0.29, 0.717) is 19.0 Å². The van der Waals surface area contributed by atoms with E-state index in [2.05, 4.69) is 5.10 Å². The van der Waals surface area contributed by atoms with Crippen LogP contribution in [0.25, 0.3) is 10.6 Å². The highest BCUT2D eigenvalue weighted by molar-refractivity contribution is 7.13. The van der Waals surface area contributed by atoms with Gasteiger partial charge in [0.25, 0.3) is 5.56 Å². The highest BCUT2D eigenvalue weighted by Crippen LogP contribution is 2.22. The lowest BCUT2D eigenvalue weighted by Crippen LogP contribution is -2.41. The van der Waals surface area contributed by atoms with Crippen molar-refractivity contribution in [1.82, 2.24) is 14.7 Å². The van der Waals surface area contributed by atoms with Crippen LogP contribution in [0.1, 0.15) is 19.8 Å². The molecule has 116 valence electrons. The predicted molar refractivity (Wildman–Crippen MR) is 86.8 cm³/mol. The molecule has 0 spiro atoms. The molecule has 6 heteroatoms. The molecule has 0 aromatic carbocycles. The van der Waals surface area contributed by atoms with Gasteiger partial charge in [-0.15, -0.1) is 11.3 Å². The number of piperidine rings is 1. The molecule has 1 fully saturated rings. The molecule has 0 bridgehead atoms. The van der Waals surface area contributed by atoms with E-state index in [1.807, 2.05) is 22.4 Å². The van der Waals surface area contributed by atoms with Gasteiger partial charge in [0.05, 0.1) is 4.88 Å². The van der Waals surface area contributed by atoms with E-state index in [9.17, 15) is 9.59 Å². The van der Waals surface area contributed by atoms with E-state index in [4.69, 9.17) is 0 Å². The summed E-state index contributed by atoms with van der Waals surface area (Å²) in [5.41, 5.74) is 0.745. The van der Waals surface area contributed by atoms with E-state index in [-0.39, 0.29) is 11.5 Å². The molecule has 1 atom stereocenters. The third-order valence-electron chi connectivity index (χ3n) is 4.04. The number of nitrogens with zero attached hydrogens (tertiary/aromatic N) is 3. The highest BCUT2D eigenvalue weighted by atomic mass is 32.1. The summed E-state index contributed by atoms with van der Waals surface area (Å²) in [6, 6.07) is 7.32. The van der Waals surface area contributed by atoms with Gasteiger partial charge in [0.15, 0.2) is 0 Å². The van der Waals surface area contributed by atoms with Crippen LogP contribution in [-0.4, -0.2) is 33.7 Å². The molecular weight excluding hydrogens is 298 g/mol. The molecule has 0 radical (unpaired) electrons. The van der Waals surface area contributed by atoms with Gasteiger partial charge >= 0.3 is 0 Å². The number of hydrogen-bond donors (Lipinski definition) is 0. The minimum Gasteiger partial charge on any atom is -0.343 e. The van der Waals surface area contributed by atoms with Crippen LogP contribution in [0.4, 0.5) is 0 Å². The molecule has 3 heterocycles. The first-order valence-corrected chi connectivity index (χ1v) is 8.39. The van der Waals surface area contributed by atoms with Crippen LogP contribution >= 0.6 is 11.3 Å². The summed E-state index contributed by atoms with van der Waals surface area (Å²) >= 11 is 1.61. The van der Waals surface area contributed by atoms with Gasteiger partial charge in [-0.2, -0.15) is 5.10 Å². The summed E-state index contributed by atoms with van der Waals surface area (Å²) in [6.07, 6.45) is 2.02. The SMILES string of the molecule is CC(=O)N1CCC[C@H](Cn2nc(-c3cccs3)ccc2=O)C1. The van der Waals surface area contributed by atoms with E-state index >= 15 is 0 Å². The van der Waals surface area contributed by atoms with E-state index in [1.165, 1.54) is 0 Å². The molecule has 2 aromatic rings. The maximum Gasteiger partial charge on any atom is 0.266 e. The van der Waals surface area contributed by atoms with Gasteiger partial charge in [-0.3, -0.25) is 9.59 Å². The Labute approximate surface area is 133 Å². The zero-order valence-corrected chi connectivity index (χ0v) is 13.4. The largest absolute Gasteiger partial charge is 0.343 e. The Bertz CT molecular complexity index is 708. The average Bonchev–Trinajstić information content (AvgIpc) is 3.04. The van der Waals surface area contributed by atoms with Gasteiger partial charge < -0.3 is 4.90 Å². The second kappa shape index (κ2) is 6.44. The molecule has 22 heavy (non-hydrogen) atoms. The first kappa shape index (κ1) is 15.0. The van der Waals surface area contributed by atoms with Crippen LogP contribution in [0.3, 0.4) is 0 Å². The van der Waals surface area contributed by atoms with Crippen LogP contribution in [0, 0.1) is 5.92 Å². The smallest absolute Gasteiger partial charge is 0.266 e. The Balaban J connectivity index is 1.78. The maximum absolute atomic E-state index is 12.1. The maximum atomic E-state index is 12.1. The fourth-order valence-electron chi connectivity index (χ4n) is 2.88. The lowest BCUT2D eigenvalue weighted by molar-refractivity contribution is -0.130. The van der Waals surface area contributed by atoms with E-state index < -0.39 is 0 Å². The average molecular weight is 317 g/mol. The Kier molecular flexibility index (Phi) is 4.38. The molecule has 0 saturated carbocycles. The summed E-state index contributed by atoms with van der Waals surface area (Å²) < 4.78 is 1.54. The highest BCUT2D eigenvalue weighted by Gasteiger charge is 2.22. The minimum absolute atomic E-state index is 0.0831. The summed E-state index contributed by atoms with van der Waals surface area (Å²) in [7, 11) is 0. The van der Waals surface area contributed by atoms with E-state index in [1.54, 1.807) is 35.1 Å². The Morgan fingerprint density at radius 2 is 2.27 bits per heavy atom. The van der Waals surface area contributed by atoms with Crippen LogP contribution < -0.4 is 5.56 Å². The molecule has 1 aliphatic heterocycles. The standard InChI is InChI=1S/C16H19N3O2S/c1-12(20)18-8-2-4-13(10-18)11-19-16(21)7-6-14(17-19)15-5-3-9-22-15/h3,5-7,9,13H,2,4,8,10-11H2,1H3/t13-/m0/s1. The van der Waals surface area contributed by atoms with Crippen molar-refractivity contribution in [3.63, 3.8) is 0 Å². The molecular formula is C16H19N3O2S. The number of rotatable bonds is 3. The number of thiophene rings is 1. The number of likely N-dealkylation sites (tertiary alicyclic amines) is 1. The third kappa shape index (κ3) is 3.27. The summed E-state index contributed by atoms with van der Waals surface area (Å²) in [6.45, 7) is 3.71. The lowest BCUT2D eigenvalue weighted by Gasteiger charge is -2.32. The van der Waals surface area contributed by atoms with Crippen molar-refractivity contribution in [2.24, 2.45) is 5.92 Å². The molecule has 1 saturated heterocycles. The summed E-state index contributed by atoms with van der Waals surface area (Å²) in [5, 5.41) is 6.49. The quantitative estimate of drug-likeness (QED) is 0.872. The molecule has 2 aromatic heterocycles. The number of hydrogen-bond acceptors (Lipinski definition) is 4. The summed E-state index contributed by atoms with van der Waals surface area (Å²) in [5.74, 6) is 0.402. The van der Waals surface area contributed by atoms with Crippen molar-refractivity contribution in [3.05, 3.63) is 40.0 Å². The molecule has 1 aliphatic rings. The van der Waals surface area contributed by atoms with Crippen molar-refractivity contribution < 1.29 is 4.79 Å².